The number of H-pyrrole nitrogens is 1. The molecule has 38 heavy (non-hydrogen) atoms. The molecule has 5 heterocycles. The Balaban J connectivity index is 1.14. The van der Waals surface area contributed by atoms with Gasteiger partial charge in [-0.3, -0.25) is 14.2 Å². The number of fused-ring (bicyclic) bond motifs is 1. The number of piperidine rings is 1. The van der Waals surface area contributed by atoms with Gasteiger partial charge in [-0.05, 0) is 36.4 Å². The van der Waals surface area contributed by atoms with E-state index in [0.29, 0.717) is 15.8 Å². The van der Waals surface area contributed by atoms with Crippen LogP contribution >= 0.6 is 22.7 Å². The first-order chi connectivity index (χ1) is 18.5. The van der Waals surface area contributed by atoms with Crippen molar-refractivity contribution in [3.05, 3.63) is 71.4 Å². The molecule has 0 aliphatic carbocycles. The van der Waals surface area contributed by atoms with E-state index in [1.807, 2.05) is 30.5 Å². The largest absolute Gasteiger partial charge is 0.473 e. The van der Waals surface area contributed by atoms with Gasteiger partial charge in [0, 0.05) is 55.5 Å². The molecule has 1 aliphatic heterocycles. The van der Waals surface area contributed by atoms with Gasteiger partial charge < -0.3 is 9.72 Å². The Labute approximate surface area is 228 Å². The number of hydrogen-bond acceptors (Lipinski definition) is 9. The van der Waals surface area contributed by atoms with E-state index in [9.17, 15) is 8.42 Å². The maximum Gasteiger partial charge on any atom is 0.273 e. The molecule has 1 aromatic carbocycles. The average molecular weight is 567 g/mol. The molecule has 0 radical (unpaired) electrons. The number of nitrogens with one attached hydrogen (secondary N) is 1. The van der Waals surface area contributed by atoms with Crippen molar-refractivity contribution in [1.82, 2.24) is 24.8 Å². The van der Waals surface area contributed by atoms with Crippen molar-refractivity contribution in [3.63, 3.8) is 0 Å². The Morgan fingerprint density at radius 2 is 2.00 bits per heavy atom. The van der Waals surface area contributed by atoms with Gasteiger partial charge in [-0.25, -0.2) is 18.4 Å². The van der Waals surface area contributed by atoms with E-state index >= 15 is 0 Å². The van der Waals surface area contributed by atoms with Crippen LogP contribution < -0.4 is 9.04 Å². The number of anilines is 1. The summed E-state index contributed by atoms with van der Waals surface area (Å²) in [6, 6.07) is 11.1. The second kappa shape index (κ2) is 10.4. The van der Waals surface area contributed by atoms with Gasteiger partial charge in [0.2, 0.25) is 5.88 Å². The van der Waals surface area contributed by atoms with Crippen LogP contribution in [0.2, 0.25) is 0 Å². The molecule has 9 nitrogen and oxygen atoms in total. The average Bonchev–Trinajstić information content (AvgIpc) is 3.71. The molecule has 0 atom stereocenters. The third-order valence-electron chi connectivity index (χ3n) is 6.61. The third kappa shape index (κ3) is 5.04. The molecule has 0 spiro atoms. The molecule has 1 N–H and O–H groups in total. The zero-order valence-electron chi connectivity index (χ0n) is 20.6. The zero-order chi connectivity index (χ0) is 26.1. The Morgan fingerprint density at radius 3 is 2.76 bits per heavy atom. The van der Waals surface area contributed by atoms with Gasteiger partial charge in [0.15, 0.2) is 0 Å². The highest BCUT2D eigenvalue weighted by molar-refractivity contribution is 7.94. The van der Waals surface area contributed by atoms with Gasteiger partial charge in [0.25, 0.3) is 10.0 Å². The van der Waals surface area contributed by atoms with Crippen molar-refractivity contribution in [2.45, 2.75) is 29.7 Å². The van der Waals surface area contributed by atoms with E-state index in [-0.39, 0.29) is 6.10 Å². The molecule has 0 amide bonds. The van der Waals surface area contributed by atoms with Crippen LogP contribution in [-0.4, -0.2) is 59.5 Å². The van der Waals surface area contributed by atoms with Gasteiger partial charge in [-0.2, -0.15) is 0 Å². The first kappa shape index (κ1) is 25.0. The van der Waals surface area contributed by atoms with Crippen LogP contribution in [0.3, 0.4) is 0 Å². The topological polar surface area (TPSA) is 104 Å². The maximum atomic E-state index is 13.1. The number of benzene rings is 1. The Bertz CT molecular complexity index is 1630. The molecule has 0 bridgehead atoms. The van der Waals surface area contributed by atoms with Gasteiger partial charge in [0.05, 0.1) is 23.1 Å². The van der Waals surface area contributed by atoms with E-state index < -0.39 is 10.0 Å². The molecule has 4 aromatic heterocycles. The maximum absolute atomic E-state index is 13.1. The summed E-state index contributed by atoms with van der Waals surface area (Å²) in [7, 11) is -2.04. The third-order valence-corrected chi connectivity index (χ3v) is 10.8. The zero-order valence-corrected chi connectivity index (χ0v) is 23.1. The van der Waals surface area contributed by atoms with Crippen molar-refractivity contribution in [1.29, 1.82) is 0 Å². The fourth-order valence-corrected chi connectivity index (χ4v) is 7.91. The fraction of sp³-hybridized carbons (Fsp3) is 0.269. The second-order valence-electron chi connectivity index (χ2n) is 9.10. The van der Waals surface area contributed by atoms with E-state index in [1.54, 1.807) is 54.5 Å². The van der Waals surface area contributed by atoms with Gasteiger partial charge >= 0.3 is 0 Å². The summed E-state index contributed by atoms with van der Waals surface area (Å²) in [5.74, 6) is 0.579. The molecule has 0 unspecified atom stereocenters. The second-order valence-corrected chi connectivity index (χ2v) is 13.4. The monoisotopic (exact) mass is 566 g/mol. The minimum absolute atomic E-state index is 0.155. The molecule has 12 heteroatoms. The van der Waals surface area contributed by atoms with E-state index in [4.69, 9.17) is 4.74 Å². The Morgan fingerprint density at radius 1 is 1.13 bits per heavy atom. The SMILES string of the molecule is CN(c1cccc2cc(-c3ncc(CN4CCC(Oc5cnccn5)CC4)s3)[nH]c12)S(=O)(=O)c1cccs1. The number of thiophene rings is 1. The summed E-state index contributed by atoms with van der Waals surface area (Å²) in [5, 5.41) is 3.59. The van der Waals surface area contributed by atoms with Crippen molar-refractivity contribution >= 4 is 49.3 Å². The smallest absolute Gasteiger partial charge is 0.273 e. The number of hydrogen-bond donors (Lipinski definition) is 1. The minimum atomic E-state index is -3.63. The van der Waals surface area contributed by atoms with Crippen LogP contribution in [-0.2, 0) is 16.6 Å². The lowest BCUT2D eigenvalue weighted by Crippen LogP contribution is -2.37. The summed E-state index contributed by atoms with van der Waals surface area (Å²) in [6.07, 6.45) is 8.90. The molecular weight excluding hydrogens is 541 g/mol. The first-order valence-electron chi connectivity index (χ1n) is 12.2. The van der Waals surface area contributed by atoms with Crippen LogP contribution in [0.25, 0.3) is 21.6 Å². The van der Waals surface area contributed by atoms with Crippen LogP contribution in [0, 0.1) is 0 Å². The molecular formula is C26H26N6O3S3. The van der Waals surface area contributed by atoms with Crippen LogP contribution in [0.15, 0.2) is 70.8 Å². The molecule has 196 valence electrons. The number of likely N-dealkylation sites (tertiary alicyclic amines) is 1. The summed E-state index contributed by atoms with van der Waals surface area (Å²) in [6.45, 7) is 2.72. The summed E-state index contributed by atoms with van der Waals surface area (Å²) in [4.78, 5) is 20.0. The highest BCUT2D eigenvalue weighted by atomic mass is 32.2. The fourth-order valence-electron chi connectivity index (χ4n) is 4.62. The molecule has 6 rings (SSSR count). The van der Waals surface area contributed by atoms with Crippen LogP contribution in [0.5, 0.6) is 5.88 Å². The number of nitrogens with zero attached hydrogens (tertiary/aromatic N) is 5. The minimum Gasteiger partial charge on any atom is -0.473 e. The van der Waals surface area contributed by atoms with Crippen molar-refractivity contribution in [2.75, 3.05) is 24.4 Å². The lowest BCUT2D eigenvalue weighted by molar-refractivity contribution is 0.0934. The number of aromatic nitrogens is 4. The van der Waals surface area contributed by atoms with E-state index in [1.165, 1.54) is 20.5 Å². The highest BCUT2D eigenvalue weighted by Gasteiger charge is 2.25. The van der Waals surface area contributed by atoms with Crippen LogP contribution in [0.1, 0.15) is 17.7 Å². The predicted molar refractivity (Wildman–Crippen MR) is 150 cm³/mol. The van der Waals surface area contributed by atoms with E-state index in [0.717, 1.165) is 54.1 Å². The lowest BCUT2D eigenvalue weighted by atomic mass is 10.1. The predicted octanol–water partition coefficient (Wildman–Crippen LogP) is 5.01. The number of rotatable bonds is 8. The Hall–Kier alpha value is -3.32. The molecule has 0 saturated carbocycles. The van der Waals surface area contributed by atoms with Gasteiger partial charge in [-0.1, -0.05) is 18.2 Å². The number of para-hydroxylation sites is 1. The summed E-state index contributed by atoms with van der Waals surface area (Å²) in [5.41, 5.74) is 2.25. The summed E-state index contributed by atoms with van der Waals surface area (Å²) < 4.78 is 33.8. The Kier molecular flexibility index (Phi) is 6.87. The van der Waals surface area contributed by atoms with Crippen LogP contribution in [0.4, 0.5) is 5.69 Å². The molecule has 5 aromatic rings. The lowest BCUT2D eigenvalue weighted by Gasteiger charge is -2.31. The number of ether oxygens (including phenoxy) is 1. The van der Waals surface area contributed by atoms with Crippen molar-refractivity contribution in [3.8, 4) is 16.6 Å². The molecule has 1 saturated heterocycles. The normalized spacial score (nSPS) is 15.2. The standard InChI is InChI=1S/C26H26N6O3S3/c1-31(38(33,34)24-6-3-13-36-24)22-5-2-4-18-14-21(30-25(18)22)26-29-15-20(37-26)17-32-11-7-19(8-12-32)35-23-16-27-9-10-28-23/h2-6,9-10,13-16,19,30H,7-8,11-12,17H2,1H3. The van der Waals surface area contributed by atoms with Gasteiger partial charge in [-0.15, -0.1) is 22.7 Å². The van der Waals surface area contributed by atoms with Crippen molar-refractivity contribution in [2.24, 2.45) is 0 Å². The van der Waals surface area contributed by atoms with E-state index in [2.05, 4.69) is 24.8 Å². The number of sulfonamides is 1. The number of thiazole rings is 1. The molecule has 1 fully saturated rings. The van der Waals surface area contributed by atoms with Crippen molar-refractivity contribution < 1.29 is 13.2 Å². The molecule has 1 aliphatic rings. The number of aromatic amines is 1. The highest BCUT2D eigenvalue weighted by Crippen LogP contribution is 2.35. The summed E-state index contributed by atoms with van der Waals surface area (Å²) >= 11 is 2.87. The van der Waals surface area contributed by atoms with Gasteiger partial charge in [0.1, 0.15) is 15.3 Å². The quantitative estimate of drug-likeness (QED) is 0.282. The first-order valence-corrected chi connectivity index (χ1v) is 15.4.